The van der Waals surface area contributed by atoms with Crippen LogP contribution in [-0.2, 0) is 19.4 Å². The average molecular weight is 509 g/mol. The van der Waals surface area contributed by atoms with Crippen LogP contribution in [0.3, 0.4) is 0 Å². The molecule has 34 heavy (non-hydrogen) atoms. The number of aromatic amines is 1. The molecule has 2 aromatic heterocycles. The molecule has 1 aliphatic rings. The first-order chi connectivity index (χ1) is 16.0. The molecule has 2 heterocycles. The van der Waals surface area contributed by atoms with Gasteiger partial charge in [-0.05, 0) is 24.3 Å². The number of rotatable bonds is 4. The van der Waals surface area contributed by atoms with Crippen molar-refractivity contribution in [3.8, 4) is 0 Å². The van der Waals surface area contributed by atoms with Crippen molar-refractivity contribution < 1.29 is 27.5 Å². The van der Waals surface area contributed by atoms with Gasteiger partial charge >= 0.3 is 11.7 Å². The van der Waals surface area contributed by atoms with Crippen LogP contribution in [0.5, 0.6) is 0 Å². The van der Waals surface area contributed by atoms with Gasteiger partial charge in [0, 0.05) is 13.3 Å². The van der Waals surface area contributed by atoms with Crippen molar-refractivity contribution in [3.05, 3.63) is 62.1 Å². The molecule has 4 aromatic rings. The van der Waals surface area contributed by atoms with Gasteiger partial charge in [0.15, 0.2) is 0 Å². The van der Waals surface area contributed by atoms with E-state index in [0.29, 0.717) is 6.42 Å². The second-order valence-corrected chi connectivity index (χ2v) is 10.0. The lowest BCUT2D eigenvalue weighted by atomic mass is 10.2. The number of halogens is 2. The third-order valence-electron chi connectivity index (χ3n) is 5.52. The molecule has 1 aliphatic carbocycles. The minimum atomic E-state index is -4.50. The first-order valence-corrected chi connectivity index (χ1v) is 11.6. The van der Waals surface area contributed by atoms with Crippen molar-refractivity contribution in [1.82, 2.24) is 19.5 Å². The number of ether oxygens (including phenoxy) is 1. The molecule has 2 aromatic carbocycles. The highest BCUT2D eigenvalue weighted by Crippen LogP contribution is 2.41. The Morgan fingerprint density at radius 1 is 1.32 bits per heavy atom. The van der Waals surface area contributed by atoms with E-state index in [0.717, 1.165) is 18.2 Å². The monoisotopic (exact) mass is 508 g/mol. The number of fused-ring (bicyclic) bond motifs is 2. The highest BCUT2D eigenvalue weighted by atomic mass is 35.5. The maximum absolute atomic E-state index is 14.9. The normalized spacial score (nSPS) is 17.9. The van der Waals surface area contributed by atoms with Crippen molar-refractivity contribution in [2.75, 3.05) is 0 Å². The predicted octanol–water partition coefficient (Wildman–Crippen LogP) is 1.78. The molecular weight excluding hydrogens is 495 g/mol. The number of nitrogens with zero attached hydrogens (tertiary/aromatic N) is 3. The lowest BCUT2D eigenvalue weighted by molar-refractivity contribution is -0.142. The van der Waals surface area contributed by atoms with Gasteiger partial charge in [-0.25, -0.2) is 17.6 Å². The van der Waals surface area contributed by atoms with Crippen molar-refractivity contribution in [3.63, 3.8) is 0 Å². The van der Waals surface area contributed by atoms with E-state index >= 15 is 0 Å². The topological polar surface area (TPSA) is 153 Å². The van der Waals surface area contributed by atoms with E-state index in [2.05, 4.69) is 10.1 Å². The fraction of sp³-hybridized carbons (Fsp3) is 0.200. The van der Waals surface area contributed by atoms with Crippen molar-refractivity contribution in [1.29, 1.82) is 0 Å². The summed E-state index contributed by atoms with van der Waals surface area (Å²) in [4.78, 5) is 36.6. The Labute approximate surface area is 193 Å². The van der Waals surface area contributed by atoms with Crippen LogP contribution in [0.4, 0.5) is 4.39 Å². The number of hydrogen-bond acceptors (Lipinski definition) is 8. The van der Waals surface area contributed by atoms with Crippen LogP contribution in [0, 0.1) is 5.82 Å². The quantitative estimate of drug-likeness (QED) is 0.312. The molecule has 2 N–H and O–H groups in total. The summed E-state index contributed by atoms with van der Waals surface area (Å²) >= 11 is 6.01. The molecule has 1 saturated carbocycles. The van der Waals surface area contributed by atoms with Crippen LogP contribution in [-0.4, -0.2) is 45.2 Å². The number of esters is 1. The summed E-state index contributed by atoms with van der Waals surface area (Å²) in [6.45, 7) is 1.26. The highest BCUT2D eigenvalue weighted by molar-refractivity contribution is 7.91. The van der Waals surface area contributed by atoms with Crippen molar-refractivity contribution >= 4 is 49.2 Å². The van der Waals surface area contributed by atoms with E-state index in [4.69, 9.17) is 16.3 Å². The highest BCUT2D eigenvalue weighted by Gasteiger charge is 2.43. The number of sulfone groups is 1. The first kappa shape index (κ1) is 22.1. The van der Waals surface area contributed by atoms with Crippen LogP contribution in [0.15, 0.2) is 49.8 Å². The summed E-state index contributed by atoms with van der Waals surface area (Å²) in [6, 6.07) is 3.80. The van der Waals surface area contributed by atoms with Gasteiger partial charge in [-0.2, -0.15) is 5.10 Å². The molecular formula is C20H14ClFN4O7S. The Bertz CT molecular complexity index is 1760. The Balaban J connectivity index is 1.70. The lowest BCUT2D eigenvalue weighted by Gasteiger charge is -2.11. The number of carbonyl (C=O) groups is 1. The molecule has 14 heteroatoms. The third kappa shape index (κ3) is 3.27. The van der Waals surface area contributed by atoms with Crippen LogP contribution in [0.25, 0.3) is 21.8 Å². The van der Waals surface area contributed by atoms with Crippen LogP contribution >= 0.6 is 11.6 Å². The zero-order valence-electron chi connectivity index (χ0n) is 17.2. The predicted molar refractivity (Wildman–Crippen MR) is 115 cm³/mol. The third-order valence-corrected chi connectivity index (χ3v) is 7.61. The molecule has 2 unspecified atom stereocenters. The Hall–Kier alpha value is -3.71. The van der Waals surface area contributed by atoms with Gasteiger partial charge in [0.2, 0.25) is 9.84 Å². The number of hydrogen-bond donors (Lipinski definition) is 2. The maximum atomic E-state index is 14.9. The number of nitrogens with one attached hydrogen (secondary N) is 1. The van der Waals surface area contributed by atoms with Gasteiger partial charge in [0.05, 0.1) is 48.9 Å². The van der Waals surface area contributed by atoms with E-state index in [1.54, 1.807) is 0 Å². The fourth-order valence-corrected chi connectivity index (χ4v) is 5.54. The van der Waals surface area contributed by atoms with Gasteiger partial charge in [0.1, 0.15) is 11.9 Å². The zero-order valence-corrected chi connectivity index (χ0v) is 18.7. The van der Waals surface area contributed by atoms with Gasteiger partial charge in [-0.15, -0.1) is 0 Å². The molecule has 0 bridgehead atoms. The average Bonchev–Trinajstić information content (AvgIpc) is 3.36. The SMILES string of the molecule is CC(=O)OC1CC1n1ncc2c(F)cc(S(=O)(=O)c3ccc(Cl)c4c(=O)n(O)c(=O)[nH]c34)cc21. The number of benzene rings is 2. The molecule has 1 fully saturated rings. The van der Waals surface area contributed by atoms with E-state index in [9.17, 15) is 32.4 Å². The summed E-state index contributed by atoms with van der Waals surface area (Å²) in [6.07, 6.45) is 1.21. The van der Waals surface area contributed by atoms with E-state index < -0.39 is 59.7 Å². The second-order valence-electron chi connectivity index (χ2n) is 7.72. The van der Waals surface area contributed by atoms with Gasteiger partial charge < -0.3 is 14.9 Å². The molecule has 0 aliphatic heterocycles. The minimum absolute atomic E-state index is 0.0602. The molecule has 0 spiro atoms. The Morgan fingerprint density at radius 3 is 2.76 bits per heavy atom. The fourth-order valence-electron chi connectivity index (χ4n) is 3.85. The number of H-pyrrole nitrogens is 1. The van der Waals surface area contributed by atoms with Crippen LogP contribution in [0.1, 0.15) is 19.4 Å². The minimum Gasteiger partial charge on any atom is -0.460 e. The smallest absolute Gasteiger partial charge is 0.362 e. The van der Waals surface area contributed by atoms with Crippen LogP contribution in [0.2, 0.25) is 5.02 Å². The molecule has 0 amide bonds. The zero-order chi connectivity index (χ0) is 24.5. The lowest BCUT2D eigenvalue weighted by Crippen LogP contribution is -2.33. The summed E-state index contributed by atoms with van der Waals surface area (Å²) in [7, 11) is -4.50. The van der Waals surface area contributed by atoms with Gasteiger partial charge in [-0.3, -0.25) is 14.3 Å². The molecule has 2 atom stereocenters. The summed E-state index contributed by atoms with van der Waals surface area (Å²) in [5.41, 5.74) is -2.77. The maximum Gasteiger partial charge on any atom is 0.362 e. The standard InChI is InChI=1S/C20H14ClFN4O7S/c1-8(27)33-15-6-14(15)25-13-5-9(4-12(22)10(13)7-23-25)34(31,32)16-3-2-11(21)17-18(16)24-20(29)26(30)19(17)28/h2-5,7,14-15,30H,6H2,1H3,(H,24,29). The molecule has 176 valence electrons. The van der Waals surface area contributed by atoms with E-state index in [-0.39, 0.29) is 26.7 Å². The molecule has 0 saturated heterocycles. The van der Waals surface area contributed by atoms with Crippen LogP contribution < -0.4 is 11.2 Å². The van der Waals surface area contributed by atoms with E-state index in [1.807, 2.05) is 0 Å². The van der Waals surface area contributed by atoms with E-state index in [1.165, 1.54) is 23.9 Å². The second kappa shape index (κ2) is 7.40. The molecule has 0 radical (unpaired) electrons. The summed E-state index contributed by atoms with van der Waals surface area (Å²) in [5.74, 6) is -1.35. The summed E-state index contributed by atoms with van der Waals surface area (Å²) in [5, 5.41) is 13.1. The van der Waals surface area contributed by atoms with Gasteiger partial charge in [-0.1, -0.05) is 16.3 Å². The Kier molecular flexibility index (Phi) is 4.81. The molecule has 5 rings (SSSR count). The number of aromatic nitrogens is 4. The summed E-state index contributed by atoms with van der Waals surface area (Å²) < 4.78 is 48.1. The van der Waals surface area contributed by atoms with Gasteiger partial charge in [0.25, 0.3) is 5.56 Å². The van der Waals surface area contributed by atoms with Crippen molar-refractivity contribution in [2.24, 2.45) is 0 Å². The molecule has 11 nitrogen and oxygen atoms in total. The Morgan fingerprint density at radius 2 is 2.06 bits per heavy atom. The van der Waals surface area contributed by atoms with Crippen molar-refractivity contribution in [2.45, 2.75) is 35.3 Å². The first-order valence-electron chi connectivity index (χ1n) is 9.76. The number of carbonyl (C=O) groups excluding carboxylic acids is 1. The largest absolute Gasteiger partial charge is 0.460 e.